The third kappa shape index (κ3) is 14.3. The van der Waals surface area contributed by atoms with Gasteiger partial charge in [-0.2, -0.15) is 0 Å². The van der Waals surface area contributed by atoms with E-state index in [1.807, 2.05) is 11.3 Å². The van der Waals surface area contributed by atoms with Crippen LogP contribution < -0.4 is 14.7 Å². The highest BCUT2D eigenvalue weighted by Crippen LogP contribution is 2.62. The van der Waals surface area contributed by atoms with E-state index in [1.165, 1.54) is 143 Å². The molecule has 0 atom stereocenters. The van der Waals surface area contributed by atoms with Gasteiger partial charge in [-0.05, 0) is 245 Å². The van der Waals surface area contributed by atoms with Gasteiger partial charge in [0.05, 0.1) is 44.4 Å². The Hall–Kier alpha value is -18.7. The average Bonchev–Trinajstić information content (AvgIpc) is 1.54. The van der Waals surface area contributed by atoms with Crippen molar-refractivity contribution in [3.63, 3.8) is 0 Å². The zero-order chi connectivity index (χ0) is 97.4. The van der Waals surface area contributed by atoms with Crippen LogP contribution in [-0.2, 0) is 16.2 Å². The van der Waals surface area contributed by atoms with Crippen LogP contribution in [0.4, 0.5) is 51.2 Å². The summed E-state index contributed by atoms with van der Waals surface area (Å²) < 4.78 is 15.8. The van der Waals surface area contributed by atoms with Crippen LogP contribution in [0.25, 0.3) is 120 Å². The number of hydrogen-bond donors (Lipinski definition) is 0. The van der Waals surface area contributed by atoms with Crippen molar-refractivity contribution in [2.75, 3.05) is 14.7 Å². The second-order valence-electron chi connectivity index (χ2n) is 38.2. The highest BCUT2D eigenvalue weighted by atomic mass is 32.1. The SMILES string of the molecule is c1ccc(-c2ccccc2N(c2ccccc2)c2cccc3oc4ccc(C5(c6ccccc6)c6ccccc6-c6ccccc65)cc4c23)cc1.c1ccc(-c2ccccc2N(c2ccccc2)c2cccc3sc4ccc(C5(c6ccccc6)c6ccccc6-c6ccccc65)cc4c23)cc1.c1ccc(N(c2ccccc2)c2ccc3c(c2)oc2ccc(C4(c5ccccc5)c5ccccc5-c5ccccc54)cc23)cc1. The fraction of sp³-hybridized carbons (Fsp3) is 0.0213. The number of thiophene rings is 1. The molecule has 0 amide bonds. The lowest BCUT2D eigenvalue weighted by Crippen LogP contribution is -2.28. The average molecular weight is 1900 g/mol. The molecule has 0 spiro atoms. The molecule has 0 saturated heterocycles. The first-order chi connectivity index (χ1) is 73.0. The maximum Gasteiger partial charge on any atom is 0.137 e. The predicted molar refractivity (Wildman–Crippen MR) is 614 cm³/mol. The lowest BCUT2D eigenvalue weighted by Gasteiger charge is -2.34. The molecular weight excluding hydrogens is 1800 g/mol. The van der Waals surface area contributed by atoms with Gasteiger partial charge in [0.2, 0.25) is 0 Å². The van der Waals surface area contributed by atoms with Crippen molar-refractivity contribution in [2.45, 2.75) is 16.2 Å². The van der Waals surface area contributed by atoms with Gasteiger partial charge in [-0.3, -0.25) is 0 Å². The van der Waals surface area contributed by atoms with Gasteiger partial charge < -0.3 is 23.5 Å². The minimum Gasteiger partial charge on any atom is -0.456 e. The molecule has 26 aromatic rings. The van der Waals surface area contributed by atoms with Gasteiger partial charge in [0.15, 0.2) is 0 Å². The van der Waals surface area contributed by atoms with E-state index < -0.39 is 16.2 Å². The van der Waals surface area contributed by atoms with Crippen molar-refractivity contribution < 1.29 is 8.83 Å². The van der Waals surface area contributed by atoms with Crippen molar-refractivity contribution in [1.82, 2.24) is 0 Å². The standard InChI is InChI=1S/C49H33NO.C49H33NS.C43H29NO/c2*1-4-17-34(18-5-1)38-23-12-15-28-44(38)50(37-21-8-3-9-22-37)45-29-16-30-47-48(45)41-33-36(31-32-46(41)51-47)49(35-19-6-2-7-20-35)42-26-13-10-24-39(42)40-25-11-14-27-43(40)49;1-4-14-30(15-5-1)43(39-22-12-10-20-35(39)36-21-11-13-23-40(36)43)31-24-27-41-38(28-31)37-26-25-34(29-42(37)45-41)44(32-16-6-2-7-17-32)33-18-8-3-9-19-33/h2*1-33H;1-29H. The Kier molecular flexibility index (Phi) is 21.8. The summed E-state index contributed by atoms with van der Waals surface area (Å²) in [5, 5.41) is 6.96. The topological polar surface area (TPSA) is 36.0 Å². The van der Waals surface area contributed by atoms with Gasteiger partial charge in [-0.1, -0.05) is 437 Å². The number of rotatable bonds is 17. The minimum atomic E-state index is -0.500. The molecule has 0 bridgehead atoms. The summed E-state index contributed by atoms with van der Waals surface area (Å²) >= 11 is 1.87. The molecule has 29 rings (SSSR count). The Balaban J connectivity index is 0.000000109. The van der Waals surface area contributed by atoms with Gasteiger partial charge in [0.25, 0.3) is 0 Å². The molecule has 3 heterocycles. The summed E-state index contributed by atoms with van der Waals surface area (Å²) in [6.45, 7) is 0. The number of benzene rings is 23. The summed E-state index contributed by atoms with van der Waals surface area (Å²) in [6, 6.07) is 209. The number of furan rings is 2. The first-order valence-corrected chi connectivity index (χ1v) is 51.3. The molecule has 3 aliphatic rings. The molecule has 0 saturated carbocycles. The highest BCUT2D eigenvalue weighted by Gasteiger charge is 2.50. The van der Waals surface area contributed by atoms with Crippen molar-refractivity contribution in [3.05, 3.63) is 643 Å². The van der Waals surface area contributed by atoms with Gasteiger partial charge >= 0.3 is 0 Å². The number of hydrogen-bond acceptors (Lipinski definition) is 6. The van der Waals surface area contributed by atoms with E-state index >= 15 is 0 Å². The Morgan fingerprint density at radius 1 is 0.156 bits per heavy atom. The van der Waals surface area contributed by atoms with Gasteiger partial charge in [0, 0.05) is 82.0 Å². The Morgan fingerprint density at radius 2 is 0.456 bits per heavy atom. The molecule has 3 aliphatic carbocycles. The molecule has 0 unspecified atom stereocenters. The summed E-state index contributed by atoms with van der Waals surface area (Å²) in [5.41, 5.74) is 40.0. The molecule has 0 fully saturated rings. The molecule has 692 valence electrons. The first kappa shape index (κ1) is 87.3. The Labute approximate surface area is 858 Å². The van der Waals surface area contributed by atoms with Crippen molar-refractivity contribution in [1.29, 1.82) is 0 Å². The van der Waals surface area contributed by atoms with Crippen LogP contribution in [0.5, 0.6) is 0 Å². The molecule has 0 aliphatic heterocycles. The summed E-state index contributed by atoms with van der Waals surface area (Å²) in [5.74, 6) is 0. The molecule has 0 radical (unpaired) electrons. The van der Waals surface area contributed by atoms with Crippen molar-refractivity contribution >= 4 is 127 Å². The molecule has 23 aromatic carbocycles. The third-order valence-corrected chi connectivity index (χ3v) is 31.6. The van der Waals surface area contributed by atoms with Crippen molar-refractivity contribution in [2.24, 2.45) is 0 Å². The fourth-order valence-electron chi connectivity index (χ4n) is 24.4. The van der Waals surface area contributed by atoms with E-state index in [0.29, 0.717) is 0 Å². The smallest absolute Gasteiger partial charge is 0.137 e. The van der Waals surface area contributed by atoms with E-state index in [0.717, 1.165) is 94.9 Å². The Bertz CT molecular complexity index is 8880. The molecular formula is C141H95N3O2S. The number of nitrogens with zero attached hydrogens (tertiary/aromatic N) is 3. The molecule has 5 nitrogen and oxygen atoms in total. The van der Waals surface area contributed by atoms with Gasteiger partial charge in [0.1, 0.15) is 22.3 Å². The van der Waals surface area contributed by atoms with Crippen LogP contribution in [0, 0.1) is 0 Å². The molecule has 0 N–H and O–H groups in total. The number of fused-ring (bicyclic) bond motifs is 18. The Morgan fingerprint density at radius 3 is 0.857 bits per heavy atom. The normalized spacial score (nSPS) is 12.9. The third-order valence-electron chi connectivity index (χ3n) is 30.4. The van der Waals surface area contributed by atoms with Crippen LogP contribution in [-0.4, -0.2) is 0 Å². The van der Waals surface area contributed by atoms with Gasteiger partial charge in [-0.15, -0.1) is 11.3 Å². The molecule has 3 aromatic heterocycles. The van der Waals surface area contributed by atoms with Crippen LogP contribution in [0.3, 0.4) is 0 Å². The summed E-state index contributed by atoms with van der Waals surface area (Å²) in [4.78, 5) is 7.12. The highest BCUT2D eigenvalue weighted by molar-refractivity contribution is 7.26. The van der Waals surface area contributed by atoms with Gasteiger partial charge in [-0.25, -0.2) is 0 Å². The van der Waals surface area contributed by atoms with Crippen molar-refractivity contribution in [3.8, 4) is 55.6 Å². The fourth-order valence-corrected chi connectivity index (χ4v) is 25.5. The van der Waals surface area contributed by atoms with Crippen LogP contribution in [0.2, 0.25) is 0 Å². The minimum absolute atomic E-state index is 0.441. The summed E-state index contributed by atoms with van der Waals surface area (Å²) in [6.07, 6.45) is 0. The lowest BCUT2D eigenvalue weighted by molar-refractivity contribution is 0.667. The lowest BCUT2D eigenvalue weighted by atomic mass is 9.67. The van der Waals surface area contributed by atoms with E-state index in [9.17, 15) is 0 Å². The maximum atomic E-state index is 6.70. The first-order valence-electron chi connectivity index (χ1n) is 50.5. The number of anilines is 9. The van der Waals surface area contributed by atoms with Crippen LogP contribution in [0.15, 0.2) is 585 Å². The quantitative estimate of drug-likeness (QED) is 0.0908. The maximum absolute atomic E-state index is 6.70. The zero-order valence-electron chi connectivity index (χ0n) is 80.4. The zero-order valence-corrected chi connectivity index (χ0v) is 81.2. The molecule has 6 heteroatoms. The van der Waals surface area contributed by atoms with E-state index in [2.05, 4.69) is 591 Å². The van der Waals surface area contributed by atoms with Crippen LogP contribution >= 0.6 is 11.3 Å². The molecule has 147 heavy (non-hydrogen) atoms. The predicted octanol–water partition coefficient (Wildman–Crippen LogP) is 38.1. The van der Waals surface area contributed by atoms with Crippen LogP contribution in [0.1, 0.15) is 66.8 Å². The largest absolute Gasteiger partial charge is 0.456 e. The van der Waals surface area contributed by atoms with E-state index in [1.54, 1.807) is 0 Å². The van der Waals surface area contributed by atoms with E-state index in [4.69, 9.17) is 8.83 Å². The second kappa shape index (κ2) is 36.7. The second-order valence-corrected chi connectivity index (χ2v) is 39.2. The monoisotopic (exact) mass is 1890 g/mol. The number of para-hydroxylation sites is 6. The van der Waals surface area contributed by atoms with E-state index in [-0.39, 0.29) is 0 Å². The summed E-state index contributed by atoms with van der Waals surface area (Å²) in [7, 11) is 0.